The molecule has 128 valence electrons. The highest BCUT2D eigenvalue weighted by molar-refractivity contribution is 6.30. The summed E-state index contributed by atoms with van der Waals surface area (Å²) in [5, 5.41) is 8.32. The summed E-state index contributed by atoms with van der Waals surface area (Å²) in [5.41, 5.74) is 2.16. The molecule has 4 rings (SSSR count). The fourth-order valence-electron chi connectivity index (χ4n) is 3.18. The average Bonchev–Trinajstić information content (AvgIpc) is 3.11. The van der Waals surface area contributed by atoms with E-state index >= 15 is 0 Å². The van der Waals surface area contributed by atoms with Gasteiger partial charge in [0.25, 0.3) is 0 Å². The second kappa shape index (κ2) is 7.35. The first-order valence-electron chi connectivity index (χ1n) is 8.38. The summed E-state index contributed by atoms with van der Waals surface area (Å²) in [6.07, 6.45) is 0. The van der Waals surface area contributed by atoms with Crippen LogP contribution in [0.3, 0.4) is 0 Å². The second-order valence-electron chi connectivity index (χ2n) is 6.12. The Labute approximate surface area is 151 Å². The summed E-state index contributed by atoms with van der Waals surface area (Å²) in [5.74, 6) is 1.26. The van der Waals surface area contributed by atoms with Crippen molar-refractivity contribution in [1.29, 1.82) is 0 Å². The van der Waals surface area contributed by atoms with Crippen LogP contribution in [0.25, 0.3) is 11.4 Å². The Morgan fingerprint density at radius 1 is 1.16 bits per heavy atom. The van der Waals surface area contributed by atoms with Crippen LogP contribution in [0.15, 0.2) is 59.1 Å². The van der Waals surface area contributed by atoms with E-state index in [0.717, 1.165) is 30.2 Å². The normalized spacial score (nSPS) is 18.4. The van der Waals surface area contributed by atoms with E-state index in [9.17, 15) is 0 Å². The zero-order valence-electron chi connectivity index (χ0n) is 13.7. The lowest BCUT2D eigenvalue weighted by Gasteiger charge is -2.35. The molecular weight excluding hydrogens is 336 g/mol. The van der Waals surface area contributed by atoms with Gasteiger partial charge in [0.1, 0.15) is 0 Å². The van der Waals surface area contributed by atoms with Gasteiger partial charge < -0.3 is 9.84 Å². The van der Waals surface area contributed by atoms with Gasteiger partial charge in [-0.15, -0.1) is 0 Å². The van der Waals surface area contributed by atoms with Gasteiger partial charge >= 0.3 is 0 Å². The van der Waals surface area contributed by atoms with Crippen molar-refractivity contribution in [3.05, 3.63) is 71.1 Å². The summed E-state index contributed by atoms with van der Waals surface area (Å²) in [6, 6.07) is 18.1. The van der Waals surface area contributed by atoms with Crippen molar-refractivity contribution in [1.82, 2.24) is 20.4 Å². The van der Waals surface area contributed by atoms with Crippen LogP contribution in [0.5, 0.6) is 0 Å². The summed E-state index contributed by atoms with van der Waals surface area (Å²) in [6.45, 7) is 3.36. The smallest absolute Gasteiger partial charge is 0.241 e. The third-order valence-corrected chi connectivity index (χ3v) is 4.66. The molecule has 2 heterocycles. The highest BCUT2D eigenvalue weighted by atomic mass is 35.5. The van der Waals surface area contributed by atoms with E-state index in [4.69, 9.17) is 16.1 Å². The lowest BCUT2D eigenvalue weighted by atomic mass is 10.0. The van der Waals surface area contributed by atoms with Crippen molar-refractivity contribution in [3.8, 4) is 11.4 Å². The highest BCUT2D eigenvalue weighted by Crippen LogP contribution is 2.26. The Morgan fingerprint density at radius 3 is 2.88 bits per heavy atom. The zero-order chi connectivity index (χ0) is 17.1. The van der Waals surface area contributed by atoms with Crippen molar-refractivity contribution in [2.24, 2.45) is 0 Å². The van der Waals surface area contributed by atoms with E-state index in [1.54, 1.807) is 0 Å². The molecule has 1 fully saturated rings. The number of benzene rings is 2. The van der Waals surface area contributed by atoms with Gasteiger partial charge in [0, 0.05) is 36.3 Å². The fraction of sp³-hybridized carbons (Fsp3) is 0.263. The summed E-state index contributed by atoms with van der Waals surface area (Å²) < 4.78 is 5.48. The van der Waals surface area contributed by atoms with E-state index in [-0.39, 0.29) is 6.04 Å². The first-order chi connectivity index (χ1) is 12.3. The number of rotatable bonds is 4. The monoisotopic (exact) mass is 354 g/mol. The largest absolute Gasteiger partial charge is 0.338 e. The first-order valence-corrected chi connectivity index (χ1v) is 8.75. The van der Waals surface area contributed by atoms with Gasteiger partial charge in [-0.2, -0.15) is 4.98 Å². The standard InChI is InChI=1S/C19H19ClN4O/c20-16-8-4-7-15(11-16)17-12-21-9-10-24(17)13-18-22-19(23-25-18)14-5-2-1-3-6-14/h1-8,11,17,21H,9-10,12-13H2. The van der Waals surface area contributed by atoms with Crippen molar-refractivity contribution in [2.75, 3.05) is 19.6 Å². The summed E-state index contributed by atoms with van der Waals surface area (Å²) >= 11 is 6.16. The van der Waals surface area contributed by atoms with Crippen LogP contribution in [-0.2, 0) is 6.54 Å². The van der Waals surface area contributed by atoms with Crippen LogP contribution < -0.4 is 5.32 Å². The van der Waals surface area contributed by atoms with Crippen LogP contribution in [0.1, 0.15) is 17.5 Å². The van der Waals surface area contributed by atoms with E-state index in [2.05, 4.69) is 26.4 Å². The SMILES string of the molecule is Clc1cccc(C2CNCCN2Cc2nc(-c3ccccc3)no2)c1. The molecule has 5 nitrogen and oxygen atoms in total. The van der Waals surface area contributed by atoms with Crippen molar-refractivity contribution in [2.45, 2.75) is 12.6 Å². The quantitative estimate of drug-likeness (QED) is 0.776. The van der Waals surface area contributed by atoms with Crippen LogP contribution in [0, 0.1) is 0 Å². The van der Waals surface area contributed by atoms with Crippen LogP contribution in [0.4, 0.5) is 0 Å². The molecule has 0 saturated carbocycles. The highest BCUT2D eigenvalue weighted by Gasteiger charge is 2.25. The van der Waals surface area contributed by atoms with Crippen LogP contribution in [-0.4, -0.2) is 34.7 Å². The van der Waals surface area contributed by atoms with Gasteiger partial charge in [-0.05, 0) is 17.7 Å². The molecule has 2 aromatic carbocycles. The molecular formula is C19H19ClN4O. The van der Waals surface area contributed by atoms with Gasteiger partial charge in [0.05, 0.1) is 6.54 Å². The molecule has 1 aromatic heterocycles. The Morgan fingerprint density at radius 2 is 2.04 bits per heavy atom. The topological polar surface area (TPSA) is 54.2 Å². The molecule has 0 spiro atoms. The number of piperazine rings is 1. The van der Waals surface area contributed by atoms with Gasteiger partial charge in [-0.25, -0.2) is 0 Å². The molecule has 0 bridgehead atoms. The van der Waals surface area contributed by atoms with Gasteiger partial charge in [0.15, 0.2) is 0 Å². The number of hydrogen-bond donors (Lipinski definition) is 1. The zero-order valence-corrected chi connectivity index (χ0v) is 14.5. The minimum atomic E-state index is 0.236. The molecule has 6 heteroatoms. The molecule has 1 atom stereocenters. The number of nitrogens with zero attached hydrogens (tertiary/aromatic N) is 3. The van der Waals surface area contributed by atoms with Gasteiger partial charge in [0.2, 0.25) is 11.7 Å². The minimum absolute atomic E-state index is 0.236. The molecule has 1 aliphatic heterocycles. The maximum atomic E-state index is 6.16. The molecule has 0 radical (unpaired) electrons. The third-order valence-electron chi connectivity index (χ3n) is 4.43. The lowest BCUT2D eigenvalue weighted by Crippen LogP contribution is -2.45. The lowest BCUT2D eigenvalue weighted by molar-refractivity contribution is 0.135. The predicted molar refractivity (Wildman–Crippen MR) is 97.2 cm³/mol. The Kier molecular flexibility index (Phi) is 4.78. The number of halogens is 1. The van der Waals surface area contributed by atoms with E-state index in [1.165, 1.54) is 5.56 Å². The maximum Gasteiger partial charge on any atom is 0.241 e. The number of aromatic nitrogens is 2. The number of nitrogens with one attached hydrogen (secondary N) is 1. The first kappa shape index (κ1) is 16.3. The molecule has 3 aromatic rings. The molecule has 0 aliphatic carbocycles. The molecule has 1 N–H and O–H groups in total. The third kappa shape index (κ3) is 3.74. The van der Waals surface area contributed by atoms with Crippen molar-refractivity contribution >= 4 is 11.6 Å². The molecule has 25 heavy (non-hydrogen) atoms. The summed E-state index contributed by atoms with van der Waals surface area (Å²) in [4.78, 5) is 6.91. The van der Waals surface area contributed by atoms with E-state index in [1.807, 2.05) is 48.5 Å². The second-order valence-corrected chi connectivity index (χ2v) is 6.56. The Bertz CT molecular complexity index is 836. The van der Waals surface area contributed by atoms with Crippen LogP contribution >= 0.6 is 11.6 Å². The predicted octanol–water partition coefficient (Wildman–Crippen LogP) is 3.54. The molecule has 1 aliphatic rings. The minimum Gasteiger partial charge on any atom is -0.338 e. The summed E-state index contributed by atoms with van der Waals surface area (Å²) in [7, 11) is 0. The Hall–Kier alpha value is -2.21. The molecule has 0 amide bonds. The molecule has 1 unspecified atom stereocenters. The fourth-order valence-corrected chi connectivity index (χ4v) is 3.37. The van der Waals surface area contributed by atoms with Crippen molar-refractivity contribution in [3.63, 3.8) is 0 Å². The van der Waals surface area contributed by atoms with Crippen molar-refractivity contribution < 1.29 is 4.52 Å². The van der Waals surface area contributed by atoms with Gasteiger partial charge in [-0.3, -0.25) is 4.90 Å². The van der Waals surface area contributed by atoms with E-state index in [0.29, 0.717) is 18.3 Å². The maximum absolute atomic E-state index is 6.16. The average molecular weight is 355 g/mol. The van der Waals surface area contributed by atoms with Gasteiger partial charge in [-0.1, -0.05) is 59.2 Å². The Balaban J connectivity index is 1.53. The molecule has 1 saturated heterocycles. The number of hydrogen-bond acceptors (Lipinski definition) is 5. The van der Waals surface area contributed by atoms with Crippen LogP contribution in [0.2, 0.25) is 5.02 Å². The van der Waals surface area contributed by atoms with E-state index < -0.39 is 0 Å².